The molecule has 126 valence electrons. The minimum Gasteiger partial charge on any atom is -0.372 e. The molecule has 1 aliphatic heterocycles. The van der Waals surface area contributed by atoms with Gasteiger partial charge in [-0.25, -0.2) is 0 Å². The number of anilines is 2. The van der Waals surface area contributed by atoms with E-state index in [9.17, 15) is 4.79 Å². The highest BCUT2D eigenvalue weighted by molar-refractivity contribution is 6.46. The number of carbonyl (C=O) groups excluding carboxylic acids is 1. The summed E-state index contributed by atoms with van der Waals surface area (Å²) in [6.07, 6.45) is 3.75. The summed E-state index contributed by atoms with van der Waals surface area (Å²) in [5.41, 5.74) is 2.05. The van der Waals surface area contributed by atoms with Crippen molar-refractivity contribution in [1.29, 1.82) is 0 Å². The molecule has 2 aromatic carbocycles. The molecule has 3 nitrogen and oxygen atoms in total. The van der Waals surface area contributed by atoms with Crippen LogP contribution in [0.25, 0.3) is 0 Å². The average Bonchev–Trinajstić information content (AvgIpc) is 2.60. The van der Waals surface area contributed by atoms with E-state index in [0.717, 1.165) is 13.1 Å². The van der Waals surface area contributed by atoms with Gasteiger partial charge in [0.25, 0.3) is 5.91 Å². The van der Waals surface area contributed by atoms with Gasteiger partial charge in [0.1, 0.15) is 0 Å². The number of halogens is 3. The SMILES string of the molecule is O=C(Nc1ccc(N2CCCCC2)cc1)c1c(Cl)ccc(Cl)c1Cl. The second-order valence-electron chi connectivity index (χ2n) is 5.77. The summed E-state index contributed by atoms with van der Waals surface area (Å²) >= 11 is 18.1. The lowest BCUT2D eigenvalue weighted by atomic mass is 10.1. The van der Waals surface area contributed by atoms with Crippen LogP contribution in [-0.4, -0.2) is 19.0 Å². The number of nitrogens with zero attached hydrogens (tertiary/aromatic N) is 1. The number of piperidine rings is 1. The van der Waals surface area contributed by atoms with Crippen molar-refractivity contribution in [1.82, 2.24) is 0 Å². The highest BCUT2D eigenvalue weighted by Gasteiger charge is 2.18. The molecule has 6 heteroatoms. The number of hydrogen-bond donors (Lipinski definition) is 1. The Morgan fingerprint density at radius 1 is 0.875 bits per heavy atom. The number of amides is 1. The Balaban J connectivity index is 1.74. The molecule has 2 aromatic rings. The average molecular weight is 384 g/mol. The van der Waals surface area contributed by atoms with Crippen LogP contribution < -0.4 is 10.2 Å². The number of rotatable bonds is 3. The molecule has 1 fully saturated rings. The molecular weight excluding hydrogens is 367 g/mol. The molecule has 0 radical (unpaired) electrons. The molecule has 0 atom stereocenters. The van der Waals surface area contributed by atoms with Crippen molar-refractivity contribution in [2.24, 2.45) is 0 Å². The molecule has 0 unspecified atom stereocenters. The molecule has 24 heavy (non-hydrogen) atoms. The Morgan fingerprint density at radius 2 is 1.50 bits per heavy atom. The van der Waals surface area contributed by atoms with Crippen molar-refractivity contribution in [2.45, 2.75) is 19.3 Å². The largest absolute Gasteiger partial charge is 0.372 e. The molecule has 1 amide bonds. The van der Waals surface area contributed by atoms with Gasteiger partial charge >= 0.3 is 0 Å². The molecule has 1 N–H and O–H groups in total. The molecular formula is C18H17Cl3N2O. The lowest BCUT2D eigenvalue weighted by molar-refractivity contribution is 0.102. The fraction of sp³-hybridized carbons (Fsp3) is 0.278. The van der Waals surface area contributed by atoms with Gasteiger partial charge < -0.3 is 10.2 Å². The van der Waals surface area contributed by atoms with Crippen LogP contribution in [-0.2, 0) is 0 Å². The van der Waals surface area contributed by atoms with Crippen LogP contribution in [0.5, 0.6) is 0 Å². The Bertz CT molecular complexity index is 741. The van der Waals surface area contributed by atoms with Gasteiger partial charge in [-0.2, -0.15) is 0 Å². The zero-order valence-corrected chi connectivity index (χ0v) is 15.3. The van der Waals surface area contributed by atoms with Crippen molar-refractivity contribution in [3.05, 3.63) is 57.0 Å². The monoisotopic (exact) mass is 382 g/mol. The second-order valence-corrected chi connectivity index (χ2v) is 6.96. The molecule has 3 rings (SSSR count). The van der Waals surface area contributed by atoms with Gasteiger partial charge in [0.2, 0.25) is 0 Å². The van der Waals surface area contributed by atoms with Crippen molar-refractivity contribution < 1.29 is 4.79 Å². The maximum atomic E-state index is 12.4. The zero-order chi connectivity index (χ0) is 17.1. The van der Waals surface area contributed by atoms with Gasteiger partial charge in [0.05, 0.1) is 20.6 Å². The summed E-state index contributed by atoms with van der Waals surface area (Å²) in [5, 5.41) is 3.54. The molecule has 0 bridgehead atoms. The van der Waals surface area contributed by atoms with Crippen LogP contribution in [0.4, 0.5) is 11.4 Å². The van der Waals surface area contributed by atoms with Crippen molar-refractivity contribution in [2.75, 3.05) is 23.3 Å². The highest BCUT2D eigenvalue weighted by atomic mass is 35.5. The lowest BCUT2D eigenvalue weighted by Gasteiger charge is -2.28. The van der Waals surface area contributed by atoms with Gasteiger partial charge in [0, 0.05) is 24.5 Å². The van der Waals surface area contributed by atoms with E-state index in [0.29, 0.717) is 10.7 Å². The van der Waals surface area contributed by atoms with Gasteiger partial charge in [-0.1, -0.05) is 34.8 Å². The van der Waals surface area contributed by atoms with Crippen molar-refractivity contribution >= 4 is 52.1 Å². The molecule has 1 heterocycles. The first kappa shape index (κ1) is 17.4. The van der Waals surface area contributed by atoms with E-state index in [1.807, 2.05) is 24.3 Å². The fourth-order valence-corrected chi connectivity index (χ4v) is 3.54. The quantitative estimate of drug-likeness (QED) is 0.670. The predicted molar refractivity (Wildman–Crippen MR) is 102 cm³/mol. The standard InChI is InChI=1S/C18H17Cl3N2O/c19-14-8-9-15(20)17(21)16(14)18(24)22-12-4-6-13(7-5-12)23-10-2-1-3-11-23/h4-9H,1-3,10-11H2,(H,22,24). The Hall–Kier alpha value is -1.42. The van der Waals surface area contributed by atoms with Crippen LogP contribution in [0.2, 0.25) is 15.1 Å². The summed E-state index contributed by atoms with van der Waals surface area (Å²) < 4.78 is 0. The molecule has 0 aliphatic carbocycles. The molecule has 1 aliphatic rings. The maximum Gasteiger partial charge on any atom is 0.258 e. The lowest BCUT2D eigenvalue weighted by Crippen LogP contribution is -2.29. The fourth-order valence-electron chi connectivity index (χ4n) is 2.84. The third kappa shape index (κ3) is 3.80. The predicted octanol–water partition coefficient (Wildman–Crippen LogP) is 5.89. The minimum absolute atomic E-state index is 0.159. The van der Waals surface area contributed by atoms with E-state index >= 15 is 0 Å². The Morgan fingerprint density at radius 3 is 2.17 bits per heavy atom. The first-order valence-electron chi connectivity index (χ1n) is 7.86. The number of nitrogens with one attached hydrogen (secondary N) is 1. The minimum atomic E-state index is -0.377. The van der Waals surface area contributed by atoms with Gasteiger partial charge in [-0.15, -0.1) is 0 Å². The van der Waals surface area contributed by atoms with Gasteiger partial charge in [-0.3, -0.25) is 4.79 Å². The Labute approximate surface area is 156 Å². The van der Waals surface area contributed by atoms with Crippen LogP contribution >= 0.6 is 34.8 Å². The number of benzene rings is 2. The third-order valence-corrected chi connectivity index (χ3v) is 5.24. The molecule has 0 aromatic heterocycles. The highest BCUT2D eigenvalue weighted by Crippen LogP contribution is 2.32. The topological polar surface area (TPSA) is 32.3 Å². The molecule has 0 saturated carbocycles. The smallest absolute Gasteiger partial charge is 0.258 e. The normalized spacial score (nSPS) is 14.5. The number of carbonyl (C=O) groups is 1. The summed E-state index contributed by atoms with van der Waals surface area (Å²) in [6.45, 7) is 2.17. The first-order chi connectivity index (χ1) is 11.6. The van der Waals surface area contributed by atoms with Crippen molar-refractivity contribution in [3.8, 4) is 0 Å². The number of hydrogen-bond acceptors (Lipinski definition) is 2. The van der Waals surface area contributed by atoms with E-state index in [1.54, 1.807) is 12.1 Å². The van der Waals surface area contributed by atoms with Gasteiger partial charge in [-0.05, 0) is 55.7 Å². The maximum absolute atomic E-state index is 12.4. The Kier molecular flexibility index (Phi) is 5.54. The molecule has 1 saturated heterocycles. The van der Waals surface area contributed by atoms with E-state index in [4.69, 9.17) is 34.8 Å². The van der Waals surface area contributed by atoms with Crippen LogP contribution in [0.15, 0.2) is 36.4 Å². The van der Waals surface area contributed by atoms with Crippen LogP contribution in [0.3, 0.4) is 0 Å². The summed E-state index contributed by atoms with van der Waals surface area (Å²) in [4.78, 5) is 14.8. The van der Waals surface area contributed by atoms with E-state index in [1.165, 1.54) is 24.9 Å². The third-order valence-electron chi connectivity index (χ3n) is 4.12. The van der Waals surface area contributed by atoms with Crippen LogP contribution in [0.1, 0.15) is 29.6 Å². The first-order valence-corrected chi connectivity index (χ1v) is 8.99. The summed E-state index contributed by atoms with van der Waals surface area (Å²) in [5.74, 6) is -0.377. The second kappa shape index (κ2) is 7.64. The van der Waals surface area contributed by atoms with Crippen molar-refractivity contribution in [3.63, 3.8) is 0 Å². The van der Waals surface area contributed by atoms with Gasteiger partial charge in [0.15, 0.2) is 0 Å². The van der Waals surface area contributed by atoms with E-state index < -0.39 is 0 Å². The van der Waals surface area contributed by atoms with E-state index in [2.05, 4.69) is 10.2 Å². The summed E-state index contributed by atoms with van der Waals surface area (Å²) in [7, 11) is 0. The molecule has 0 spiro atoms. The van der Waals surface area contributed by atoms with E-state index in [-0.39, 0.29) is 21.5 Å². The zero-order valence-electron chi connectivity index (χ0n) is 13.0. The summed E-state index contributed by atoms with van der Waals surface area (Å²) in [6, 6.07) is 10.9. The van der Waals surface area contributed by atoms with Crippen LogP contribution in [0, 0.1) is 0 Å².